The van der Waals surface area contributed by atoms with E-state index in [1.54, 1.807) is 0 Å². The van der Waals surface area contributed by atoms with Crippen LogP contribution in [-0.4, -0.2) is 52.4 Å². The van der Waals surface area contributed by atoms with Gasteiger partial charge in [0.05, 0.1) is 18.8 Å². The molecule has 0 aromatic carbocycles. The molecule has 90 valence electrons. The number of aliphatic hydroxyl groups is 3. The minimum Gasteiger partial charge on any atom is -0.394 e. The van der Waals surface area contributed by atoms with Crippen LogP contribution >= 0.6 is 0 Å². The molecular weight excluding hydrogens is 198 g/mol. The van der Waals surface area contributed by atoms with E-state index in [-0.39, 0.29) is 18.1 Å². The molecule has 5 N–H and O–H groups in total. The number of nitrogens with two attached hydrogens (primary N) is 1. The van der Waals surface area contributed by atoms with E-state index in [1.807, 2.05) is 20.8 Å². The number of hydrogen-bond donors (Lipinski definition) is 4. The Bertz CT molecular complexity index is 214. The highest BCUT2D eigenvalue weighted by Gasteiger charge is 2.46. The van der Waals surface area contributed by atoms with Crippen molar-refractivity contribution in [2.24, 2.45) is 11.1 Å². The van der Waals surface area contributed by atoms with E-state index in [1.165, 1.54) is 0 Å². The Labute approximate surface area is 89.9 Å². The van der Waals surface area contributed by atoms with Crippen LogP contribution < -0.4 is 5.73 Å². The first-order valence-corrected chi connectivity index (χ1v) is 5.17. The average molecular weight is 219 g/mol. The highest BCUT2D eigenvalue weighted by atomic mass is 16.5. The topological polar surface area (TPSA) is 95.9 Å². The van der Waals surface area contributed by atoms with E-state index < -0.39 is 24.4 Å². The minimum atomic E-state index is -1.12. The van der Waals surface area contributed by atoms with Crippen LogP contribution in [0.4, 0.5) is 0 Å². The van der Waals surface area contributed by atoms with Gasteiger partial charge in [0, 0.05) is 0 Å². The molecule has 1 aliphatic heterocycles. The van der Waals surface area contributed by atoms with E-state index in [0.29, 0.717) is 0 Å². The van der Waals surface area contributed by atoms with Crippen molar-refractivity contribution >= 4 is 0 Å². The Balaban J connectivity index is 2.83. The molecule has 5 nitrogen and oxygen atoms in total. The Morgan fingerprint density at radius 3 is 2.13 bits per heavy atom. The molecule has 1 heterocycles. The van der Waals surface area contributed by atoms with Gasteiger partial charge in [-0.05, 0) is 5.41 Å². The largest absolute Gasteiger partial charge is 0.394 e. The Morgan fingerprint density at radius 2 is 1.73 bits per heavy atom. The first kappa shape index (κ1) is 12.9. The number of hydrogen-bond acceptors (Lipinski definition) is 5. The van der Waals surface area contributed by atoms with Gasteiger partial charge in [-0.1, -0.05) is 20.8 Å². The Morgan fingerprint density at radius 1 is 1.20 bits per heavy atom. The van der Waals surface area contributed by atoms with Crippen LogP contribution in [0.1, 0.15) is 20.8 Å². The smallest absolute Gasteiger partial charge is 0.110 e. The van der Waals surface area contributed by atoms with Crippen molar-refractivity contribution in [1.29, 1.82) is 0 Å². The minimum absolute atomic E-state index is 0.242. The van der Waals surface area contributed by atoms with Gasteiger partial charge in [-0.25, -0.2) is 0 Å². The lowest BCUT2D eigenvalue weighted by molar-refractivity contribution is -0.211. The standard InChI is InChI=1S/C10H21NO4/c1-10(2,3)9-6(11)8(14)7(13)5(4-12)15-9/h5-9,12-14H,4,11H2,1-3H3/t5?,6-,7+,8?,9+/m0/s1. The van der Waals surface area contributed by atoms with Crippen molar-refractivity contribution in [2.75, 3.05) is 6.61 Å². The molecule has 0 saturated carbocycles. The lowest BCUT2D eigenvalue weighted by Crippen LogP contribution is -2.64. The number of aliphatic hydroxyl groups excluding tert-OH is 3. The van der Waals surface area contributed by atoms with Gasteiger partial charge in [0.1, 0.15) is 18.3 Å². The van der Waals surface area contributed by atoms with Gasteiger partial charge >= 0.3 is 0 Å². The molecule has 15 heavy (non-hydrogen) atoms. The summed E-state index contributed by atoms with van der Waals surface area (Å²) in [5, 5.41) is 28.3. The maximum absolute atomic E-state index is 9.72. The van der Waals surface area contributed by atoms with E-state index in [9.17, 15) is 10.2 Å². The monoisotopic (exact) mass is 219 g/mol. The first-order valence-electron chi connectivity index (χ1n) is 5.17. The van der Waals surface area contributed by atoms with Crippen LogP contribution in [-0.2, 0) is 4.74 Å². The second-order valence-corrected chi connectivity index (χ2v) is 5.20. The van der Waals surface area contributed by atoms with E-state index in [0.717, 1.165) is 0 Å². The van der Waals surface area contributed by atoms with Crippen LogP contribution in [0.15, 0.2) is 0 Å². The van der Waals surface area contributed by atoms with Gasteiger partial charge in [0.2, 0.25) is 0 Å². The number of rotatable bonds is 1. The zero-order valence-corrected chi connectivity index (χ0v) is 9.42. The van der Waals surface area contributed by atoms with Crippen molar-refractivity contribution in [2.45, 2.75) is 51.2 Å². The van der Waals surface area contributed by atoms with Crippen LogP contribution in [0.2, 0.25) is 0 Å². The van der Waals surface area contributed by atoms with Crippen molar-refractivity contribution < 1.29 is 20.1 Å². The van der Waals surface area contributed by atoms with Gasteiger partial charge in [-0.15, -0.1) is 0 Å². The summed E-state index contributed by atoms with van der Waals surface area (Å²) in [6.07, 6.45) is -3.32. The third-order valence-electron chi connectivity index (χ3n) is 2.83. The molecule has 0 radical (unpaired) electrons. The molecule has 5 heteroatoms. The highest BCUT2D eigenvalue weighted by molar-refractivity contribution is 4.98. The van der Waals surface area contributed by atoms with Crippen LogP contribution in [0, 0.1) is 5.41 Å². The highest BCUT2D eigenvalue weighted by Crippen LogP contribution is 2.31. The van der Waals surface area contributed by atoms with E-state index in [4.69, 9.17) is 15.6 Å². The van der Waals surface area contributed by atoms with Crippen molar-refractivity contribution in [1.82, 2.24) is 0 Å². The van der Waals surface area contributed by atoms with Gasteiger partial charge < -0.3 is 25.8 Å². The summed E-state index contributed by atoms with van der Waals surface area (Å²) in [4.78, 5) is 0. The van der Waals surface area contributed by atoms with Crippen LogP contribution in [0.3, 0.4) is 0 Å². The molecule has 1 rings (SSSR count). The summed E-state index contributed by atoms with van der Waals surface area (Å²) in [7, 11) is 0. The normalized spacial score (nSPS) is 43.0. The summed E-state index contributed by atoms with van der Waals surface area (Å²) < 4.78 is 5.51. The molecule has 0 bridgehead atoms. The summed E-state index contributed by atoms with van der Waals surface area (Å²) >= 11 is 0. The molecule has 1 fully saturated rings. The molecule has 2 unspecified atom stereocenters. The quantitative estimate of drug-likeness (QED) is 0.446. The van der Waals surface area contributed by atoms with Crippen molar-refractivity contribution in [3.8, 4) is 0 Å². The number of ether oxygens (including phenoxy) is 1. The second kappa shape index (κ2) is 4.35. The predicted molar refractivity (Wildman–Crippen MR) is 55.2 cm³/mol. The van der Waals surface area contributed by atoms with Crippen LogP contribution in [0.5, 0.6) is 0 Å². The molecule has 1 aliphatic rings. The molecule has 1 saturated heterocycles. The van der Waals surface area contributed by atoms with Gasteiger partial charge in [-0.2, -0.15) is 0 Å². The van der Waals surface area contributed by atoms with Crippen LogP contribution in [0.25, 0.3) is 0 Å². The maximum atomic E-state index is 9.72. The zero-order valence-electron chi connectivity index (χ0n) is 9.42. The molecule has 0 amide bonds. The predicted octanol–water partition coefficient (Wildman–Crippen LogP) is -1.16. The van der Waals surface area contributed by atoms with Gasteiger partial charge in [0.25, 0.3) is 0 Å². The fourth-order valence-corrected chi connectivity index (χ4v) is 1.92. The summed E-state index contributed by atoms with van der Waals surface area (Å²) in [5.74, 6) is 0. The first-order chi connectivity index (χ1) is 6.79. The lowest BCUT2D eigenvalue weighted by Gasteiger charge is -2.46. The summed E-state index contributed by atoms with van der Waals surface area (Å²) in [6.45, 7) is 5.50. The van der Waals surface area contributed by atoms with Gasteiger partial charge in [-0.3, -0.25) is 0 Å². The fraction of sp³-hybridized carbons (Fsp3) is 1.00. The molecule has 5 atom stereocenters. The third kappa shape index (κ3) is 2.49. The molecular formula is C10H21NO4. The summed E-state index contributed by atoms with van der Waals surface area (Å²) in [6, 6.07) is -0.636. The van der Waals surface area contributed by atoms with E-state index in [2.05, 4.69) is 0 Å². The fourth-order valence-electron chi connectivity index (χ4n) is 1.92. The molecule has 0 aromatic heterocycles. The van der Waals surface area contributed by atoms with Gasteiger partial charge in [0.15, 0.2) is 0 Å². The van der Waals surface area contributed by atoms with E-state index >= 15 is 0 Å². The maximum Gasteiger partial charge on any atom is 0.110 e. The third-order valence-corrected chi connectivity index (χ3v) is 2.83. The molecule has 0 aliphatic carbocycles. The molecule has 0 spiro atoms. The van der Waals surface area contributed by atoms with Crippen molar-refractivity contribution in [3.63, 3.8) is 0 Å². The zero-order chi connectivity index (χ0) is 11.8. The second-order valence-electron chi connectivity index (χ2n) is 5.20. The Hall–Kier alpha value is -0.200. The summed E-state index contributed by atoms with van der Waals surface area (Å²) in [5.41, 5.74) is 5.56. The lowest BCUT2D eigenvalue weighted by atomic mass is 9.79. The Kier molecular flexibility index (Phi) is 3.73. The molecule has 0 aromatic rings. The van der Waals surface area contributed by atoms with Crippen molar-refractivity contribution in [3.05, 3.63) is 0 Å². The average Bonchev–Trinajstić information content (AvgIpc) is 2.13. The SMILES string of the molecule is CC(C)(C)[C@@H]1OC(CO)[C@@H](O)C(O)[C@@H]1N.